The van der Waals surface area contributed by atoms with Crippen molar-refractivity contribution in [2.24, 2.45) is 5.73 Å². The van der Waals surface area contributed by atoms with Crippen LogP contribution in [-0.2, 0) is 0 Å². The molecule has 0 saturated carbocycles. The second-order valence-electron chi connectivity index (χ2n) is 4.13. The van der Waals surface area contributed by atoms with E-state index in [4.69, 9.17) is 5.73 Å². The van der Waals surface area contributed by atoms with Gasteiger partial charge in [-0.2, -0.15) is 0 Å². The molecule has 0 aliphatic heterocycles. The predicted molar refractivity (Wildman–Crippen MR) is 66.5 cm³/mol. The second kappa shape index (κ2) is 5.66. The quantitative estimate of drug-likeness (QED) is 0.812. The molecule has 0 heterocycles. The highest BCUT2D eigenvalue weighted by atomic mass is 16.1. The summed E-state index contributed by atoms with van der Waals surface area (Å²) < 4.78 is 0. The van der Waals surface area contributed by atoms with E-state index in [2.05, 4.69) is 5.32 Å². The summed E-state index contributed by atoms with van der Waals surface area (Å²) in [5.74, 6) is -0.0292. The molecule has 1 aromatic rings. The molecule has 0 aromatic heterocycles. The fourth-order valence-corrected chi connectivity index (χ4v) is 1.57. The Balaban J connectivity index is 2.83. The zero-order valence-electron chi connectivity index (χ0n) is 10.2. The van der Waals surface area contributed by atoms with Crippen molar-refractivity contribution in [1.82, 2.24) is 5.32 Å². The average Bonchev–Trinajstić information content (AvgIpc) is 2.28. The molecule has 1 aromatic carbocycles. The predicted octanol–water partition coefficient (Wildman–Crippen LogP) is 1.77. The van der Waals surface area contributed by atoms with Crippen LogP contribution in [0.25, 0.3) is 0 Å². The summed E-state index contributed by atoms with van der Waals surface area (Å²) in [6.07, 6.45) is 0.854. The van der Waals surface area contributed by atoms with E-state index < -0.39 is 0 Å². The molecule has 0 fully saturated rings. The Kier molecular flexibility index (Phi) is 4.50. The average molecular weight is 220 g/mol. The van der Waals surface area contributed by atoms with Gasteiger partial charge >= 0.3 is 0 Å². The van der Waals surface area contributed by atoms with E-state index in [0.717, 1.165) is 23.1 Å². The number of rotatable bonds is 4. The number of hydrogen-bond acceptors (Lipinski definition) is 2. The van der Waals surface area contributed by atoms with E-state index >= 15 is 0 Å². The highest BCUT2D eigenvalue weighted by Crippen LogP contribution is 2.10. The van der Waals surface area contributed by atoms with Gasteiger partial charge in [0, 0.05) is 18.2 Å². The van der Waals surface area contributed by atoms with Crippen molar-refractivity contribution < 1.29 is 4.79 Å². The summed E-state index contributed by atoms with van der Waals surface area (Å²) in [5.41, 5.74) is 8.39. The first-order valence-corrected chi connectivity index (χ1v) is 5.66. The molecule has 0 aliphatic carbocycles. The van der Waals surface area contributed by atoms with Crippen LogP contribution in [-0.4, -0.2) is 18.5 Å². The normalized spacial score (nSPS) is 12.2. The van der Waals surface area contributed by atoms with Crippen molar-refractivity contribution in [3.05, 3.63) is 34.9 Å². The molecule has 3 nitrogen and oxygen atoms in total. The van der Waals surface area contributed by atoms with Crippen LogP contribution in [0.2, 0.25) is 0 Å². The van der Waals surface area contributed by atoms with E-state index in [1.165, 1.54) is 0 Å². The lowest BCUT2D eigenvalue weighted by Gasteiger charge is -2.15. The molecular formula is C13H20N2O. The fraction of sp³-hybridized carbons (Fsp3) is 0.462. The van der Waals surface area contributed by atoms with Gasteiger partial charge in [0.25, 0.3) is 5.91 Å². The monoisotopic (exact) mass is 220 g/mol. The number of nitrogens with two attached hydrogens (primary N) is 1. The van der Waals surface area contributed by atoms with Crippen LogP contribution in [0.1, 0.15) is 34.8 Å². The topological polar surface area (TPSA) is 55.1 Å². The third kappa shape index (κ3) is 3.07. The largest absolute Gasteiger partial charge is 0.348 e. The molecule has 1 amide bonds. The smallest absolute Gasteiger partial charge is 0.251 e. The lowest BCUT2D eigenvalue weighted by molar-refractivity contribution is 0.0936. The molecule has 0 saturated heterocycles. The van der Waals surface area contributed by atoms with Crippen LogP contribution >= 0.6 is 0 Å². The van der Waals surface area contributed by atoms with Crippen molar-refractivity contribution in [3.8, 4) is 0 Å². The van der Waals surface area contributed by atoms with Crippen LogP contribution in [0.3, 0.4) is 0 Å². The summed E-state index contributed by atoms with van der Waals surface area (Å²) in [5, 5.41) is 2.94. The van der Waals surface area contributed by atoms with Crippen LogP contribution in [0.15, 0.2) is 18.2 Å². The Morgan fingerprint density at radius 2 is 2.12 bits per heavy atom. The summed E-state index contributed by atoms with van der Waals surface area (Å²) in [6, 6.07) is 5.95. The van der Waals surface area contributed by atoms with Crippen LogP contribution in [0, 0.1) is 13.8 Å². The molecule has 88 valence electrons. The van der Waals surface area contributed by atoms with Crippen molar-refractivity contribution in [3.63, 3.8) is 0 Å². The Labute approximate surface area is 97.0 Å². The third-order valence-electron chi connectivity index (χ3n) is 2.75. The van der Waals surface area contributed by atoms with Gasteiger partial charge in [-0.05, 0) is 31.9 Å². The number of amides is 1. The van der Waals surface area contributed by atoms with Gasteiger partial charge in [0.05, 0.1) is 0 Å². The van der Waals surface area contributed by atoms with Crippen molar-refractivity contribution in [1.29, 1.82) is 0 Å². The summed E-state index contributed by atoms with van der Waals surface area (Å²) in [4.78, 5) is 12.0. The molecule has 0 spiro atoms. The van der Waals surface area contributed by atoms with Gasteiger partial charge in [-0.1, -0.05) is 24.6 Å². The lowest BCUT2D eigenvalue weighted by atomic mass is 10.0. The minimum atomic E-state index is -0.0292. The SMILES string of the molecule is CCC(CN)NC(=O)c1cc(C)ccc1C. The van der Waals surface area contributed by atoms with Gasteiger partial charge in [0.2, 0.25) is 0 Å². The van der Waals surface area contributed by atoms with E-state index in [1.54, 1.807) is 0 Å². The number of carbonyl (C=O) groups excluding carboxylic acids is 1. The Morgan fingerprint density at radius 1 is 1.44 bits per heavy atom. The van der Waals surface area contributed by atoms with Crippen LogP contribution < -0.4 is 11.1 Å². The number of hydrogen-bond donors (Lipinski definition) is 2. The van der Waals surface area contributed by atoms with Gasteiger partial charge in [-0.25, -0.2) is 0 Å². The van der Waals surface area contributed by atoms with Crippen LogP contribution in [0.5, 0.6) is 0 Å². The zero-order chi connectivity index (χ0) is 12.1. The molecular weight excluding hydrogens is 200 g/mol. The zero-order valence-corrected chi connectivity index (χ0v) is 10.2. The lowest BCUT2D eigenvalue weighted by Crippen LogP contribution is -2.39. The highest BCUT2D eigenvalue weighted by Gasteiger charge is 2.12. The van der Waals surface area contributed by atoms with Gasteiger partial charge in [0.1, 0.15) is 0 Å². The fourth-order valence-electron chi connectivity index (χ4n) is 1.57. The summed E-state index contributed by atoms with van der Waals surface area (Å²) in [6.45, 7) is 6.42. The first-order chi connectivity index (χ1) is 7.58. The molecule has 0 radical (unpaired) electrons. The van der Waals surface area contributed by atoms with Crippen molar-refractivity contribution >= 4 is 5.91 Å². The third-order valence-corrected chi connectivity index (χ3v) is 2.75. The highest BCUT2D eigenvalue weighted by molar-refractivity contribution is 5.96. The maximum atomic E-state index is 12.0. The molecule has 1 unspecified atom stereocenters. The maximum absolute atomic E-state index is 12.0. The molecule has 0 aliphatic rings. The molecule has 16 heavy (non-hydrogen) atoms. The van der Waals surface area contributed by atoms with E-state index in [1.807, 2.05) is 39.0 Å². The Morgan fingerprint density at radius 3 is 2.69 bits per heavy atom. The molecule has 3 N–H and O–H groups in total. The van der Waals surface area contributed by atoms with Gasteiger partial charge in [-0.15, -0.1) is 0 Å². The molecule has 3 heteroatoms. The summed E-state index contributed by atoms with van der Waals surface area (Å²) >= 11 is 0. The standard InChI is InChI=1S/C13H20N2O/c1-4-11(8-14)15-13(16)12-7-9(2)5-6-10(12)3/h5-7,11H,4,8,14H2,1-3H3,(H,15,16). The summed E-state index contributed by atoms with van der Waals surface area (Å²) in [7, 11) is 0. The van der Waals surface area contributed by atoms with Crippen molar-refractivity contribution in [2.75, 3.05) is 6.54 Å². The van der Waals surface area contributed by atoms with Gasteiger partial charge in [0.15, 0.2) is 0 Å². The van der Waals surface area contributed by atoms with Crippen LogP contribution in [0.4, 0.5) is 0 Å². The Hall–Kier alpha value is -1.35. The second-order valence-corrected chi connectivity index (χ2v) is 4.13. The number of carbonyl (C=O) groups is 1. The van der Waals surface area contributed by atoms with Gasteiger partial charge < -0.3 is 11.1 Å². The first kappa shape index (κ1) is 12.7. The minimum Gasteiger partial charge on any atom is -0.348 e. The van der Waals surface area contributed by atoms with Gasteiger partial charge in [-0.3, -0.25) is 4.79 Å². The van der Waals surface area contributed by atoms with E-state index in [9.17, 15) is 4.79 Å². The number of benzene rings is 1. The maximum Gasteiger partial charge on any atom is 0.251 e. The number of nitrogens with one attached hydrogen (secondary N) is 1. The number of aryl methyl sites for hydroxylation is 2. The Bertz CT molecular complexity index is 370. The molecule has 1 atom stereocenters. The first-order valence-electron chi connectivity index (χ1n) is 5.66. The minimum absolute atomic E-state index is 0.0292. The molecule has 1 rings (SSSR count). The van der Waals surface area contributed by atoms with E-state index in [0.29, 0.717) is 6.54 Å². The van der Waals surface area contributed by atoms with E-state index in [-0.39, 0.29) is 11.9 Å². The van der Waals surface area contributed by atoms with Crippen molar-refractivity contribution in [2.45, 2.75) is 33.2 Å². The molecule has 0 bridgehead atoms.